The van der Waals surface area contributed by atoms with Crippen molar-refractivity contribution in [3.63, 3.8) is 0 Å². The van der Waals surface area contributed by atoms with Crippen molar-refractivity contribution in [3.8, 4) is 6.01 Å². The van der Waals surface area contributed by atoms with Crippen LogP contribution in [0.25, 0.3) is 12.2 Å². The minimum absolute atomic E-state index is 0.0225. The van der Waals surface area contributed by atoms with Crippen LogP contribution in [-0.2, 0) is 20.2 Å². The molecule has 15 nitrogen and oxygen atoms in total. The van der Waals surface area contributed by atoms with E-state index in [0.717, 1.165) is 6.07 Å². The maximum atomic E-state index is 12.2. The van der Waals surface area contributed by atoms with Crippen molar-refractivity contribution in [2.45, 2.75) is 9.79 Å². The Morgan fingerprint density at radius 2 is 1.45 bits per heavy atom. The van der Waals surface area contributed by atoms with Crippen molar-refractivity contribution in [1.29, 1.82) is 0 Å². The molecular formula is C25H32N6O9S2. The lowest BCUT2D eigenvalue weighted by atomic mass is 10.1. The summed E-state index contributed by atoms with van der Waals surface area (Å²) < 4.78 is 72.9. The minimum atomic E-state index is -4.76. The third-order valence-corrected chi connectivity index (χ3v) is 7.42. The first kappa shape index (κ1) is 32.8. The number of hydrogen-bond donors (Lipinski definition) is 5. The van der Waals surface area contributed by atoms with Gasteiger partial charge in [0.05, 0.1) is 13.2 Å². The second kappa shape index (κ2) is 14.5. The topological polar surface area (TPSA) is 216 Å². The second-order valence-electron chi connectivity index (χ2n) is 9.03. The molecule has 0 saturated heterocycles. The van der Waals surface area contributed by atoms with Crippen LogP contribution in [0.1, 0.15) is 11.1 Å². The van der Waals surface area contributed by atoms with E-state index >= 15 is 0 Å². The van der Waals surface area contributed by atoms with Gasteiger partial charge in [-0.05, 0) is 43.4 Å². The van der Waals surface area contributed by atoms with Gasteiger partial charge in [0.25, 0.3) is 20.2 Å². The van der Waals surface area contributed by atoms with Gasteiger partial charge in [-0.2, -0.15) is 31.8 Å². The molecule has 1 heterocycles. The van der Waals surface area contributed by atoms with Crippen LogP contribution in [0, 0.1) is 0 Å². The summed E-state index contributed by atoms with van der Waals surface area (Å²) in [5, 5.41) is 21.7. The average molecular weight is 625 g/mol. The van der Waals surface area contributed by atoms with E-state index in [-0.39, 0.29) is 72.5 Å². The summed E-state index contributed by atoms with van der Waals surface area (Å²) in [6.07, 6.45) is 2.56. The number of rotatable bonds is 15. The largest absolute Gasteiger partial charge is 0.462 e. The molecular weight excluding hydrogens is 592 g/mol. The van der Waals surface area contributed by atoms with Gasteiger partial charge in [-0.3, -0.25) is 9.11 Å². The Morgan fingerprint density at radius 1 is 0.833 bits per heavy atom. The zero-order chi connectivity index (χ0) is 30.9. The lowest BCUT2D eigenvalue weighted by Crippen LogP contribution is -2.31. The summed E-state index contributed by atoms with van der Waals surface area (Å²) in [6.45, 7) is 0.525. The molecule has 1 aromatic heterocycles. The number of aliphatic hydroxyl groups excluding tert-OH is 2. The molecule has 0 aliphatic heterocycles. The van der Waals surface area contributed by atoms with Crippen molar-refractivity contribution < 1.29 is 40.9 Å². The van der Waals surface area contributed by atoms with E-state index in [1.165, 1.54) is 53.5 Å². The number of ether oxygens (including phenoxy) is 1. The lowest BCUT2D eigenvalue weighted by Gasteiger charge is -2.21. The molecule has 0 spiro atoms. The number of anilines is 3. The molecule has 2 aromatic carbocycles. The van der Waals surface area contributed by atoms with Crippen LogP contribution in [-0.4, -0.2) is 110 Å². The van der Waals surface area contributed by atoms with Crippen LogP contribution in [0.2, 0.25) is 0 Å². The fourth-order valence-corrected chi connectivity index (χ4v) is 5.01. The number of benzene rings is 2. The van der Waals surface area contributed by atoms with Crippen molar-refractivity contribution in [1.82, 2.24) is 19.9 Å². The SMILES string of the molecule is CN(C)CCOc1nc(Nc2ccc(/C=C/c3ccccc3S(=O)(=O)O)c(S(=O)(=O)O)c2)nc(N(CCO)CCO)n1. The first-order chi connectivity index (χ1) is 19.8. The Bertz CT molecular complexity index is 1610. The van der Waals surface area contributed by atoms with Gasteiger partial charge in [0.2, 0.25) is 11.9 Å². The first-order valence-corrected chi connectivity index (χ1v) is 15.3. The second-order valence-corrected chi connectivity index (χ2v) is 11.8. The van der Waals surface area contributed by atoms with Gasteiger partial charge in [-0.15, -0.1) is 0 Å². The molecule has 5 N–H and O–H groups in total. The summed E-state index contributed by atoms with van der Waals surface area (Å²) in [5.41, 5.74) is 0.276. The Morgan fingerprint density at radius 3 is 2.05 bits per heavy atom. The van der Waals surface area contributed by atoms with Crippen LogP contribution < -0.4 is 15.0 Å². The molecule has 3 rings (SSSR count). The van der Waals surface area contributed by atoms with Gasteiger partial charge in [0, 0.05) is 25.3 Å². The number of nitrogens with zero attached hydrogens (tertiary/aromatic N) is 5. The quantitative estimate of drug-likeness (QED) is 0.118. The van der Waals surface area contributed by atoms with E-state index in [2.05, 4.69) is 20.3 Å². The maximum absolute atomic E-state index is 12.2. The number of nitrogens with one attached hydrogen (secondary N) is 1. The molecule has 0 aliphatic rings. The molecule has 0 amide bonds. The number of likely N-dealkylation sites (N-methyl/N-ethyl adjacent to an activating group) is 1. The van der Waals surface area contributed by atoms with Crippen molar-refractivity contribution in [2.24, 2.45) is 0 Å². The first-order valence-electron chi connectivity index (χ1n) is 12.4. The third kappa shape index (κ3) is 9.41. The van der Waals surface area contributed by atoms with E-state index in [9.17, 15) is 36.2 Å². The molecule has 0 saturated carbocycles. The van der Waals surface area contributed by atoms with Crippen LogP contribution in [0.4, 0.5) is 17.6 Å². The summed E-state index contributed by atoms with van der Waals surface area (Å²) in [5.74, 6) is 0.0369. The number of hydrogen-bond acceptors (Lipinski definition) is 13. The molecule has 17 heteroatoms. The molecule has 228 valence electrons. The van der Waals surface area contributed by atoms with Gasteiger partial charge in [-0.25, -0.2) is 0 Å². The van der Waals surface area contributed by atoms with E-state index in [1.54, 1.807) is 0 Å². The lowest BCUT2D eigenvalue weighted by molar-refractivity contribution is 0.244. The summed E-state index contributed by atoms with van der Waals surface area (Å²) >= 11 is 0. The number of aliphatic hydroxyl groups is 2. The fraction of sp³-hybridized carbons (Fsp3) is 0.320. The highest BCUT2D eigenvalue weighted by Crippen LogP contribution is 2.26. The predicted molar refractivity (Wildman–Crippen MR) is 155 cm³/mol. The zero-order valence-corrected chi connectivity index (χ0v) is 24.5. The van der Waals surface area contributed by atoms with Crippen molar-refractivity contribution >= 4 is 50.0 Å². The standard InChI is InChI=1S/C25H32N6O9S2/c1-30(2)13-16-40-25-28-23(27-24(29-25)31(11-14-32)12-15-33)26-20-10-9-19(22(17-20)42(37,38)39)8-7-18-5-3-4-6-21(18)41(34,35)36/h3-10,17,32-33H,11-16H2,1-2H3,(H,34,35,36)(H,37,38,39)(H,26,27,28,29)/b8-7+. The summed E-state index contributed by atoms with van der Waals surface area (Å²) in [7, 11) is -5.58. The Kier molecular flexibility index (Phi) is 11.3. The summed E-state index contributed by atoms with van der Waals surface area (Å²) in [6, 6.07) is 9.45. The summed E-state index contributed by atoms with van der Waals surface area (Å²) in [4.78, 5) is 15.3. The van der Waals surface area contributed by atoms with Crippen LogP contribution >= 0.6 is 0 Å². The van der Waals surface area contributed by atoms with Crippen LogP contribution in [0.3, 0.4) is 0 Å². The molecule has 0 atom stereocenters. The maximum Gasteiger partial charge on any atom is 0.323 e. The van der Waals surface area contributed by atoms with Gasteiger partial charge in [-0.1, -0.05) is 36.4 Å². The van der Waals surface area contributed by atoms with E-state index in [4.69, 9.17) is 4.74 Å². The molecule has 0 aliphatic carbocycles. The van der Waals surface area contributed by atoms with Crippen LogP contribution in [0.5, 0.6) is 6.01 Å². The smallest absolute Gasteiger partial charge is 0.323 e. The van der Waals surface area contributed by atoms with Gasteiger partial charge in [0.1, 0.15) is 16.4 Å². The normalized spacial score (nSPS) is 12.2. The highest BCUT2D eigenvalue weighted by molar-refractivity contribution is 7.86. The van der Waals surface area contributed by atoms with E-state index in [0.29, 0.717) is 6.54 Å². The Hall–Kier alpha value is -3.71. The zero-order valence-electron chi connectivity index (χ0n) is 22.8. The van der Waals surface area contributed by atoms with Crippen molar-refractivity contribution in [2.75, 3.05) is 63.8 Å². The molecule has 0 unspecified atom stereocenters. The average Bonchev–Trinajstić information content (AvgIpc) is 2.91. The molecule has 0 radical (unpaired) electrons. The highest BCUT2D eigenvalue weighted by Gasteiger charge is 2.19. The van der Waals surface area contributed by atoms with Gasteiger partial charge < -0.3 is 30.1 Å². The molecule has 3 aromatic rings. The fourth-order valence-electron chi connectivity index (χ4n) is 3.62. The van der Waals surface area contributed by atoms with E-state index in [1.807, 2.05) is 19.0 Å². The molecule has 0 fully saturated rings. The molecule has 0 bridgehead atoms. The van der Waals surface area contributed by atoms with E-state index < -0.39 is 25.1 Å². The van der Waals surface area contributed by atoms with Crippen LogP contribution in [0.15, 0.2) is 52.3 Å². The predicted octanol–water partition coefficient (Wildman–Crippen LogP) is 1.01. The Labute approximate surface area is 243 Å². The minimum Gasteiger partial charge on any atom is -0.462 e. The highest BCUT2D eigenvalue weighted by atomic mass is 32.2. The molecule has 42 heavy (non-hydrogen) atoms. The Balaban J connectivity index is 2.00. The van der Waals surface area contributed by atoms with Gasteiger partial charge in [0.15, 0.2) is 0 Å². The third-order valence-electron chi connectivity index (χ3n) is 5.58. The number of aromatic nitrogens is 3. The monoisotopic (exact) mass is 624 g/mol. The van der Waals surface area contributed by atoms with Crippen molar-refractivity contribution in [3.05, 3.63) is 53.6 Å². The van der Waals surface area contributed by atoms with Gasteiger partial charge >= 0.3 is 6.01 Å².